The maximum Gasteiger partial charge on any atom is 0.396 e. The number of hydrogen-bond donors (Lipinski definition) is 1. The van der Waals surface area contributed by atoms with Gasteiger partial charge in [-0.2, -0.15) is 13.2 Å². The standard InChI is InChI=1S/C23H23ClF4N2O/c1-5-22(3,23(26,27)28)21(16-11-14(25)12-17(24)20(16)31-4)30-19-8-6-7-18-15(19)10-9-13(2)29-18/h6-12,21,30H,5H2,1-4H3. The highest BCUT2D eigenvalue weighted by molar-refractivity contribution is 6.32. The van der Waals surface area contributed by atoms with Gasteiger partial charge in [-0.25, -0.2) is 4.39 Å². The van der Waals surface area contributed by atoms with Gasteiger partial charge >= 0.3 is 6.18 Å². The molecule has 0 saturated carbocycles. The van der Waals surface area contributed by atoms with E-state index in [9.17, 15) is 17.6 Å². The predicted molar refractivity (Wildman–Crippen MR) is 115 cm³/mol. The fraction of sp³-hybridized carbons (Fsp3) is 0.348. The number of nitrogens with zero attached hydrogens (tertiary/aromatic N) is 1. The molecule has 0 amide bonds. The van der Waals surface area contributed by atoms with Gasteiger partial charge in [-0.1, -0.05) is 24.6 Å². The smallest absolute Gasteiger partial charge is 0.396 e. The number of nitrogens with one attached hydrogen (secondary N) is 1. The third-order valence-corrected chi connectivity index (χ3v) is 6.02. The van der Waals surface area contributed by atoms with Crippen molar-refractivity contribution in [1.29, 1.82) is 0 Å². The van der Waals surface area contributed by atoms with Gasteiger partial charge in [0.05, 0.1) is 29.1 Å². The highest BCUT2D eigenvalue weighted by Crippen LogP contribution is 2.53. The molecule has 0 saturated heterocycles. The number of hydrogen-bond acceptors (Lipinski definition) is 3. The lowest BCUT2D eigenvalue weighted by atomic mass is 9.75. The van der Waals surface area contributed by atoms with Crippen LogP contribution in [-0.4, -0.2) is 18.3 Å². The molecule has 2 aromatic carbocycles. The molecule has 31 heavy (non-hydrogen) atoms. The zero-order chi connectivity index (χ0) is 23.0. The van der Waals surface area contributed by atoms with Crippen molar-refractivity contribution >= 4 is 28.2 Å². The maximum atomic E-state index is 14.3. The van der Waals surface area contributed by atoms with E-state index in [1.165, 1.54) is 14.0 Å². The van der Waals surface area contributed by atoms with Gasteiger partial charge in [-0.15, -0.1) is 0 Å². The fourth-order valence-corrected chi connectivity index (χ4v) is 3.99. The van der Waals surface area contributed by atoms with Crippen molar-refractivity contribution in [1.82, 2.24) is 4.98 Å². The second-order valence-corrected chi connectivity index (χ2v) is 8.09. The minimum absolute atomic E-state index is 0.00121. The first-order valence-corrected chi connectivity index (χ1v) is 10.1. The molecular formula is C23H23ClF4N2O. The zero-order valence-corrected chi connectivity index (χ0v) is 18.3. The van der Waals surface area contributed by atoms with Crippen LogP contribution in [0.5, 0.6) is 5.75 Å². The molecule has 8 heteroatoms. The summed E-state index contributed by atoms with van der Waals surface area (Å²) in [7, 11) is 1.29. The van der Waals surface area contributed by atoms with E-state index >= 15 is 0 Å². The summed E-state index contributed by atoms with van der Waals surface area (Å²) in [5.41, 5.74) is -0.392. The number of methoxy groups -OCH3 is 1. The molecule has 0 aliphatic carbocycles. The molecule has 0 bridgehead atoms. The summed E-state index contributed by atoms with van der Waals surface area (Å²) in [5, 5.41) is 3.58. The quantitative estimate of drug-likeness (QED) is 0.392. The summed E-state index contributed by atoms with van der Waals surface area (Å²) >= 11 is 6.12. The first-order chi connectivity index (χ1) is 14.5. The number of rotatable bonds is 6. The normalized spacial score (nSPS) is 14.9. The molecule has 0 aliphatic rings. The summed E-state index contributed by atoms with van der Waals surface area (Å²) in [6.45, 7) is 4.39. The number of halogens is 5. The Morgan fingerprint density at radius 3 is 2.48 bits per heavy atom. The van der Waals surface area contributed by atoms with Crippen LogP contribution in [0.2, 0.25) is 5.02 Å². The highest BCUT2D eigenvalue weighted by Gasteiger charge is 2.56. The van der Waals surface area contributed by atoms with Gasteiger partial charge in [-0.3, -0.25) is 4.98 Å². The molecule has 3 aromatic rings. The van der Waals surface area contributed by atoms with E-state index < -0.39 is 23.5 Å². The van der Waals surface area contributed by atoms with E-state index in [2.05, 4.69) is 10.3 Å². The number of aromatic nitrogens is 1. The molecule has 1 aromatic heterocycles. The molecule has 166 valence electrons. The molecule has 3 nitrogen and oxygen atoms in total. The van der Waals surface area contributed by atoms with Crippen LogP contribution < -0.4 is 10.1 Å². The molecular weight excluding hydrogens is 432 g/mol. The average Bonchev–Trinajstić information content (AvgIpc) is 2.69. The minimum Gasteiger partial charge on any atom is -0.495 e. The fourth-order valence-electron chi connectivity index (χ4n) is 3.70. The van der Waals surface area contributed by atoms with Crippen LogP contribution in [0.15, 0.2) is 42.5 Å². The summed E-state index contributed by atoms with van der Waals surface area (Å²) in [6.07, 6.45) is -4.85. The third-order valence-electron chi connectivity index (χ3n) is 5.74. The zero-order valence-electron chi connectivity index (χ0n) is 17.6. The lowest BCUT2D eigenvalue weighted by molar-refractivity contribution is -0.225. The summed E-state index contributed by atoms with van der Waals surface area (Å²) in [5.74, 6) is -0.748. The van der Waals surface area contributed by atoms with E-state index in [0.29, 0.717) is 16.6 Å². The second-order valence-electron chi connectivity index (χ2n) is 7.68. The summed E-state index contributed by atoms with van der Waals surface area (Å²) in [4.78, 5) is 4.44. The molecule has 2 atom stereocenters. The van der Waals surface area contributed by atoms with Crippen LogP contribution in [0.25, 0.3) is 10.9 Å². The lowest BCUT2D eigenvalue weighted by Gasteiger charge is -2.40. The van der Waals surface area contributed by atoms with Crippen molar-refractivity contribution in [3.05, 3.63) is 64.6 Å². The number of ether oxygens (including phenoxy) is 1. The Kier molecular flexibility index (Phi) is 6.37. The van der Waals surface area contributed by atoms with Gasteiger partial charge in [-0.05, 0) is 56.7 Å². The number of pyridine rings is 1. The number of anilines is 1. The largest absolute Gasteiger partial charge is 0.495 e. The molecule has 0 fully saturated rings. The Morgan fingerprint density at radius 2 is 1.87 bits per heavy atom. The van der Waals surface area contributed by atoms with Crippen molar-refractivity contribution in [2.24, 2.45) is 5.41 Å². The van der Waals surface area contributed by atoms with E-state index in [1.807, 2.05) is 6.92 Å². The maximum absolute atomic E-state index is 14.3. The summed E-state index contributed by atoms with van der Waals surface area (Å²) in [6, 6.07) is 9.41. The number of aryl methyl sites for hydroxylation is 1. The van der Waals surface area contributed by atoms with Gasteiger partial charge < -0.3 is 10.1 Å². The van der Waals surface area contributed by atoms with Crippen molar-refractivity contribution in [3.8, 4) is 5.75 Å². The monoisotopic (exact) mass is 454 g/mol. The Balaban J connectivity index is 2.27. The van der Waals surface area contributed by atoms with E-state index in [4.69, 9.17) is 16.3 Å². The third kappa shape index (κ3) is 4.28. The van der Waals surface area contributed by atoms with Gasteiger partial charge in [0.1, 0.15) is 11.6 Å². The molecule has 0 radical (unpaired) electrons. The number of fused-ring (bicyclic) bond motifs is 1. The molecule has 1 N–H and O–H groups in total. The van der Waals surface area contributed by atoms with Crippen molar-refractivity contribution < 1.29 is 22.3 Å². The topological polar surface area (TPSA) is 34.2 Å². The Morgan fingerprint density at radius 1 is 1.16 bits per heavy atom. The van der Waals surface area contributed by atoms with Crippen molar-refractivity contribution in [3.63, 3.8) is 0 Å². The molecule has 2 unspecified atom stereocenters. The van der Waals surface area contributed by atoms with Crippen LogP contribution in [-0.2, 0) is 0 Å². The Labute approximate surface area is 183 Å². The van der Waals surface area contributed by atoms with Crippen LogP contribution in [0.1, 0.15) is 37.6 Å². The van der Waals surface area contributed by atoms with Crippen molar-refractivity contribution in [2.75, 3.05) is 12.4 Å². The average molecular weight is 455 g/mol. The van der Waals surface area contributed by atoms with Crippen molar-refractivity contribution in [2.45, 2.75) is 39.4 Å². The first-order valence-electron chi connectivity index (χ1n) is 9.74. The predicted octanol–water partition coefficient (Wildman–Crippen LogP) is 7.48. The van der Waals surface area contributed by atoms with E-state index in [1.54, 1.807) is 30.3 Å². The molecule has 0 aliphatic heterocycles. The van der Waals surface area contributed by atoms with Gasteiger partial charge in [0.15, 0.2) is 0 Å². The molecule has 1 heterocycles. The van der Waals surface area contributed by atoms with Crippen LogP contribution in [0.4, 0.5) is 23.2 Å². The minimum atomic E-state index is -4.59. The van der Waals surface area contributed by atoms with E-state index in [0.717, 1.165) is 24.8 Å². The number of benzene rings is 2. The van der Waals surface area contributed by atoms with Gasteiger partial charge in [0.25, 0.3) is 0 Å². The number of alkyl halides is 3. The Hall–Kier alpha value is -2.54. The van der Waals surface area contributed by atoms with Gasteiger partial charge in [0, 0.05) is 22.3 Å². The molecule has 0 spiro atoms. The Bertz CT molecular complexity index is 1100. The molecule has 3 rings (SSSR count). The lowest BCUT2D eigenvalue weighted by Crippen LogP contribution is -2.43. The van der Waals surface area contributed by atoms with Crippen LogP contribution in [0, 0.1) is 18.2 Å². The highest BCUT2D eigenvalue weighted by atomic mass is 35.5. The van der Waals surface area contributed by atoms with Crippen LogP contribution >= 0.6 is 11.6 Å². The SMILES string of the molecule is CCC(C)(C(Nc1cccc2nc(C)ccc12)c1cc(F)cc(Cl)c1OC)C(F)(F)F. The first kappa shape index (κ1) is 23.1. The van der Waals surface area contributed by atoms with Gasteiger partial charge in [0.2, 0.25) is 0 Å². The van der Waals surface area contributed by atoms with E-state index in [-0.39, 0.29) is 22.8 Å². The second kappa shape index (κ2) is 8.54. The van der Waals surface area contributed by atoms with Crippen LogP contribution in [0.3, 0.4) is 0 Å². The summed E-state index contributed by atoms with van der Waals surface area (Å²) < 4.78 is 62.5.